The van der Waals surface area contributed by atoms with Gasteiger partial charge < -0.3 is 9.63 Å². The van der Waals surface area contributed by atoms with E-state index in [0.717, 1.165) is 0 Å². The minimum absolute atomic E-state index is 0.159. The third kappa shape index (κ3) is 6.17. The van der Waals surface area contributed by atoms with E-state index in [1.807, 2.05) is 13.8 Å². The Morgan fingerprint density at radius 1 is 1.50 bits per heavy atom. The molecule has 84 valence electrons. The lowest BCUT2D eigenvalue weighted by molar-refractivity contribution is -0.141. The highest BCUT2D eigenvalue weighted by atomic mass is 31.1. The fourth-order valence-corrected chi connectivity index (χ4v) is 2.45. The summed E-state index contributed by atoms with van der Waals surface area (Å²) in [6, 6.07) is 0. The van der Waals surface area contributed by atoms with Crippen molar-refractivity contribution in [3.63, 3.8) is 0 Å². The van der Waals surface area contributed by atoms with E-state index in [1.165, 1.54) is 0 Å². The highest BCUT2D eigenvalue weighted by molar-refractivity contribution is 7.39. The van der Waals surface area contributed by atoms with Gasteiger partial charge in [0.2, 0.25) is 0 Å². The number of hydrogen-bond donors (Lipinski definition) is 1. The van der Waals surface area contributed by atoms with Crippen LogP contribution >= 0.6 is 8.03 Å². The second-order valence-corrected chi connectivity index (χ2v) is 5.11. The average Bonchev–Trinajstić information content (AvgIpc) is 2.02. The first-order chi connectivity index (χ1) is 6.47. The van der Waals surface area contributed by atoms with Crippen molar-refractivity contribution >= 4 is 14.0 Å². The van der Waals surface area contributed by atoms with Crippen LogP contribution in [0.3, 0.4) is 0 Å². The van der Waals surface area contributed by atoms with Crippen LogP contribution in [0.2, 0.25) is 0 Å². The van der Waals surface area contributed by atoms with Crippen molar-refractivity contribution in [1.82, 2.24) is 0 Å². The summed E-state index contributed by atoms with van der Waals surface area (Å²) >= 11 is 0. The summed E-state index contributed by atoms with van der Waals surface area (Å²) in [5.41, 5.74) is 0. The van der Waals surface area contributed by atoms with Crippen LogP contribution in [-0.2, 0) is 13.9 Å². The predicted molar refractivity (Wildman–Crippen MR) is 56.1 cm³/mol. The van der Waals surface area contributed by atoms with Gasteiger partial charge in [0.25, 0.3) is 0 Å². The van der Waals surface area contributed by atoms with Gasteiger partial charge in [0.05, 0.1) is 12.5 Å². The van der Waals surface area contributed by atoms with Crippen molar-refractivity contribution in [3.8, 4) is 0 Å². The topological polar surface area (TPSA) is 63.6 Å². The van der Waals surface area contributed by atoms with Crippen molar-refractivity contribution in [1.29, 1.82) is 0 Å². The molecule has 5 heteroatoms. The molecule has 0 aromatic rings. The van der Waals surface area contributed by atoms with Gasteiger partial charge >= 0.3 is 5.97 Å². The molecule has 0 spiro atoms. The van der Waals surface area contributed by atoms with E-state index in [4.69, 9.17) is 9.63 Å². The molecule has 0 rings (SSSR count). The monoisotopic (exact) mass is 222 g/mol. The maximum atomic E-state index is 11.2. The van der Waals surface area contributed by atoms with Crippen LogP contribution in [0.4, 0.5) is 0 Å². The molecule has 0 aliphatic rings. The van der Waals surface area contributed by atoms with Gasteiger partial charge in [-0.3, -0.25) is 9.36 Å². The van der Waals surface area contributed by atoms with Gasteiger partial charge in [0.1, 0.15) is 0 Å². The van der Waals surface area contributed by atoms with Crippen LogP contribution in [-0.4, -0.2) is 23.8 Å². The lowest BCUT2D eigenvalue weighted by Crippen LogP contribution is -2.18. The minimum Gasteiger partial charge on any atom is -0.481 e. The van der Waals surface area contributed by atoms with Gasteiger partial charge in [-0.25, -0.2) is 0 Å². The van der Waals surface area contributed by atoms with Crippen molar-refractivity contribution in [2.45, 2.75) is 27.2 Å². The van der Waals surface area contributed by atoms with Crippen LogP contribution in [0.15, 0.2) is 0 Å². The summed E-state index contributed by atoms with van der Waals surface area (Å²) in [5.74, 6) is -1.11. The molecule has 2 atom stereocenters. The zero-order valence-corrected chi connectivity index (χ0v) is 9.95. The van der Waals surface area contributed by atoms with E-state index < -0.39 is 19.9 Å². The molecule has 0 saturated heterocycles. The van der Waals surface area contributed by atoms with Crippen molar-refractivity contribution < 1.29 is 19.0 Å². The molecule has 1 unspecified atom stereocenters. The van der Waals surface area contributed by atoms with Crippen LogP contribution in [0.1, 0.15) is 27.2 Å². The molecular weight excluding hydrogens is 203 g/mol. The van der Waals surface area contributed by atoms with E-state index in [9.17, 15) is 9.36 Å². The largest absolute Gasteiger partial charge is 0.481 e. The SMILES string of the molecule is CCO[PH](=O)C[C@@H](CC(C)C)C(=O)O. The second kappa shape index (κ2) is 7.02. The fourth-order valence-electron chi connectivity index (χ4n) is 1.26. The smallest absolute Gasteiger partial charge is 0.307 e. The summed E-state index contributed by atoms with van der Waals surface area (Å²) < 4.78 is 16.1. The molecule has 0 amide bonds. The second-order valence-electron chi connectivity index (χ2n) is 3.67. The molecule has 0 saturated carbocycles. The van der Waals surface area contributed by atoms with Gasteiger partial charge in [0, 0.05) is 6.16 Å². The Kier molecular flexibility index (Phi) is 6.85. The molecule has 0 bridgehead atoms. The van der Waals surface area contributed by atoms with Crippen molar-refractivity contribution in [2.24, 2.45) is 11.8 Å². The molecular formula is C9H19O4P. The highest BCUT2D eigenvalue weighted by Crippen LogP contribution is 2.28. The Balaban J connectivity index is 4.09. The average molecular weight is 222 g/mol. The van der Waals surface area contributed by atoms with Crippen LogP contribution in [0, 0.1) is 11.8 Å². The summed E-state index contributed by atoms with van der Waals surface area (Å²) in [6.07, 6.45) is 0.713. The number of carbonyl (C=O) groups is 1. The molecule has 4 nitrogen and oxygen atoms in total. The van der Waals surface area contributed by atoms with E-state index in [0.29, 0.717) is 18.9 Å². The predicted octanol–water partition coefficient (Wildman–Crippen LogP) is 2.24. The maximum absolute atomic E-state index is 11.2. The fraction of sp³-hybridized carbons (Fsp3) is 0.889. The quantitative estimate of drug-likeness (QED) is 0.671. The Hall–Kier alpha value is -0.340. The molecule has 0 radical (unpaired) electrons. The number of hydrogen-bond acceptors (Lipinski definition) is 3. The molecule has 0 aromatic carbocycles. The Morgan fingerprint density at radius 2 is 2.07 bits per heavy atom. The first-order valence-corrected chi connectivity index (χ1v) is 6.38. The first-order valence-electron chi connectivity index (χ1n) is 4.85. The van der Waals surface area contributed by atoms with Gasteiger partial charge in [-0.1, -0.05) is 13.8 Å². The Labute approximate surface area is 85.5 Å². The molecule has 0 fully saturated rings. The third-order valence-electron chi connectivity index (χ3n) is 1.82. The lowest BCUT2D eigenvalue weighted by atomic mass is 9.99. The van der Waals surface area contributed by atoms with Crippen LogP contribution in [0.25, 0.3) is 0 Å². The lowest BCUT2D eigenvalue weighted by Gasteiger charge is -2.13. The van der Waals surface area contributed by atoms with E-state index in [-0.39, 0.29) is 6.16 Å². The van der Waals surface area contributed by atoms with Gasteiger partial charge in [-0.05, 0) is 19.3 Å². The van der Waals surface area contributed by atoms with E-state index in [1.54, 1.807) is 6.92 Å². The zero-order valence-electron chi connectivity index (χ0n) is 8.95. The number of carboxylic acid groups (broad SMARTS) is 1. The van der Waals surface area contributed by atoms with E-state index >= 15 is 0 Å². The summed E-state index contributed by atoms with van der Waals surface area (Å²) in [4.78, 5) is 10.8. The van der Waals surface area contributed by atoms with Gasteiger partial charge in [0.15, 0.2) is 8.03 Å². The van der Waals surface area contributed by atoms with Crippen molar-refractivity contribution in [2.75, 3.05) is 12.8 Å². The van der Waals surface area contributed by atoms with E-state index in [2.05, 4.69) is 0 Å². The zero-order chi connectivity index (χ0) is 11.1. The molecule has 0 aromatic heterocycles. The molecule has 14 heavy (non-hydrogen) atoms. The standard InChI is InChI=1S/C9H19O4P/c1-4-13-14(12)6-8(9(10)11)5-7(2)3/h7-8,14H,4-6H2,1-3H3,(H,10,11)/t8-/m1/s1. The van der Waals surface area contributed by atoms with Gasteiger partial charge in [-0.2, -0.15) is 0 Å². The molecule has 0 aliphatic carbocycles. The maximum Gasteiger partial charge on any atom is 0.307 e. The number of rotatable bonds is 7. The Morgan fingerprint density at radius 3 is 2.43 bits per heavy atom. The number of aliphatic carboxylic acids is 1. The normalized spacial score (nSPS) is 15.4. The first kappa shape index (κ1) is 13.7. The third-order valence-corrected chi connectivity index (χ3v) is 3.26. The number of carboxylic acids is 1. The summed E-state index contributed by atoms with van der Waals surface area (Å²) in [6.45, 7) is 6.04. The highest BCUT2D eigenvalue weighted by Gasteiger charge is 2.21. The summed E-state index contributed by atoms with van der Waals surface area (Å²) in [5, 5.41) is 8.86. The summed E-state index contributed by atoms with van der Waals surface area (Å²) in [7, 11) is -2.16. The molecule has 1 N–H and O–H groups in total. The Bertz CT molecular complexity index is 203. The van der Waals surface area contributed by atoms with Gasteiger partial charge in [-0.15, -0.1) is 0 Å². The minimum atomic E-state index is -2.16. The van der Waals surface area contributed by atoms with Crippen LogP contribution in [0.5, 0.6) is 0 Å². The van der Waals surface area contributed by atoms with Crippen molar-refractivity contribution in [3.05, 3.63) is 0 Å². The molecule has 0 aliphatic heterocycles. The molecule has 0 heterocycles. The van der Waals surface area contributed by atoms with Crippen LogP contribution < -0.4 is 0 Å².